The maximum atomic E-state index is 12.1. The van der Waals surface area contributed by atoms with Crippen LogP contribution in [0.15, 0.2) is 30.3 Å². The van der Waals surface area contributed by atoms with Gasteiger partial charge in [-0.15, -0.1) is 0 Å². The van der Waals surface area contributed by atoms with E-state index >= 15 is 0 Å². The second-order valence-electron chi connectivity index (χ2n) is 6.63. The lowest BCUT2D eigenvalue weighted by Gasteiger charge is -2.14. The number of nitrogens with zero attached hydrogens (tertiary/aromatic N) is 1. The van der Waals surface area contributed by atoms with E-state index in [4.69, 9.17) is 0 Å². The van der Waals surface area contributed by atoms with E-state index in [1.165, 1.54) is 5.56 Å². The van der Waals surface area contributed by atoms with Crippen molar-refractivity contribution in [1.29, 1.82) is 0 Å². The Morgan fingerprint density at radius 3 is 2.18 bits per heavy atom. The van der Waals surface area contributed by atoms with E-state index < -0.39 is 0 Å². The average molecular weight is 302 g/mol. The molecule has 0 bridgehead atoms. The van der Waals surface area contributed by atoms with Crippen LogP contribution in [0.25, 0.3) is 5.57 Å². The van der Waals surface area contributed by atoms with Crippen LogP contribution in [0, 0.1) is 5.92 Å². The SMILES string of the molecule is CC(C)/C(=C\C(=O)NCCN(C)C)c1ccc(C(C)C)cc1. The monoisotopic (exact) mass is 302 g/mol. The summed E-state index contributed by atoms with van der Waals surface area (Å²) in [6, 6.07) is 8.54. The molecule has 0 aliphatic carbocycles. The third-order valence-electron chi connectivity index (χ3n) is 3.68. The predicted molar refractivity (Wildman–Crippen MR) is 94.9 cm³/mol. The maximum absolute atomic E-state index is 12.1. The van der Waals surface area contributed by atoms with Gasteiger partial charge in [0.25, 0.3) is 0 Å². The summed E-state index contributed by atoms with van der Waals surface area (Å²) >= 11 is 0. The van der Waals surface area contributed by atoms with E-state index in [0.29, 0.717) is 18.4 Å². The fourth-order valence-corrected chi connectivity index (χ4v) is 2.24. The molecule has 0 unspecified atom stereocenters. The van der Waals surface area contributed by atoms with Gasteiger partial charge in [0.2, 0.25) is 5.91 Å². The predicted octanol–water partition coefficient (Wildman–Crippen LogP) is 3.53. The molecule has 3 heteroatoms. The Morgan fingerprint density at radius 2 is 1.73 bits per heavy atom. The van der Waals surface area contributed by atoms with Crippen molar-refractivity contribution in [2.75, 3.05) is 27.2 Å². The summed E-state index contributed by atoms with van der Waals surface area (Å²) in [5.74, 6) is 0.817. The summed E-state index contributed by atoms with van der Waals surface area (Å²) in [6.07, 6.45) is 1.74. The number of amides is 1. The van der Waals surface area contributed by atoms with E-state index in [0.717, 1.165) is 17.7 Å². The summed E-state index contributed by atoms with van der Waals surface area (Å²) in [7, 11) is 4.00. The molecule has 0 heterocycles. The lowest BCUT2D eigenvalue weighted by atomic mass is 9.92. The molecule has 1 aromatic rings. The van der Waals surface area contributed by atoms with Crippen molar-refractivity contribution in [2.24, 2.45) is 5.92 Å². The largest absolute Gasteiger partial charge is 0.351 e. The first-order chi connectivity index (χ1) is 10.3. The minimum absolute atomic E-state index is 0.0153. The van der Waals surface area contributed by atoms with Crippen LogP contribution in [0.4, 0.5) is 0 Å². The Bertz CT molecular complexity index is 499. The third-order valence-corrected chi connectivity index (χ3v) is 3.68. The fraction of sp³-hybridized carbons (Fsp3) is 0.526. The standard InChI is InChI=1S/C19H30N2O/c1-14(2)16-7-9-17(10-8-16)18(15(3)4)13-19(22)20-11-12-21(5)6/h7-10,13-15H,11-12H2,1-6H3,(H,20,22)/b18-13+. The van der Waals surface area contributed by atoms with Gasteiger partial charge in [-0.25, -0.2) is 0 Å². The number of carbonyl (C=O) groups is 1. The van der Waals surface area contributed by atoms with Gasteiger partial charge in [0.05, 0.1) is 0 Å². The first-order valence-electron chi connectivity index (χ1n) is 8.05. The van der Waals surface area contributed by atoms with Crippen LogP contribution in [-0.4, -0.2) is 38.0 Å². The Balaban J connectivity index is 2.84. The van der Waals surface area contributed by atoms with Crippen LogP contribution in [0.3, 0.4) is 0 Å². The average Bonchev–Trinajstić information content (AvgIpc) is 2.44. The van der Waals surface area contributed by atoms with Crippen molar-refractivity contribution < 1.29 is 4.79 Å². The molecule has 1 aromatic carbocycles. The topological polar surface area (TPSA) is 32.3 Å². The van der Waals surface area contributed by atoms with E-state index in [1.54, 1.807) is 6.08 Å². The van der Waals surface area contributed by atoms with Gasteiger partial charge < -0.3 is 10.2 Å². The number of allylic oxidation sites excluding steroid dienone is 1. The normalized spacial score (nSPS) is 12.3. The molecule has 0 aromatic heterocycles. The molecular weight excluding hydrogens is 272 g/mol. The molecule has 0 spiro atoms. The molecule has 1 N–H and O–H groups in total. The number of benzene rings is 1. The number of nitrogens with one attached hydrogen (secondary N) is 1. The van der Waals surface area contributed by atoms with Gasteiger partial charge in [0.1, 0.15) is 0 Å². The van der Waals surface area contributed by atoms with Crippen LogP contribution in [-0.2, 0) is 4.79 Å². The zero-order valence-corrected chi connectivity index (χ0v) is 14.8. The summed E-state index contributed by atoms with van der Waals surface area (Å²) < 4.78 is 0. The second-order valence-corrected chi connectivity index (χ2v) is 6.63. The minimum atomic E-state index is -0.0153. The van der Waals surface area contributed by atoms with Crippen LogP contribution >= 0.6 is 0 Å². The molecule has 122 valence electrons. The van der Waals surface area contributed by atoms with Crippen molar-refractivity contribution >= 4 is 11.5 Å². The Hall–Kier alpha value is -1.61. The third kappa shape index (κ3) is 6.02. The zero-order chi connectivity index (χ0) is 16.7. The number of likely N-dealkylation sites (N-methyl/N-ethyl adjacent to an activating group) is 1. The highest BCUT2D eigenvalue weighted by molar-refractivity contribution is 5.95. The number of hydrogen-bond donors (Lipinski definition) is 1. The Kier molecular flexibility index (Phi) is 7.33. The van der Waals surface area contributed by atoms with E-state index in [1.807, 2.05) is 14.1 Å². The molecule has 0 fully saturated rings. The van der Waals surface area contributed by atoms with Crippen LogP contribution in [0.2, 0.25) is 0 Å². The maximum Gasteiger partial charge on any atom is 0.244 e. The quantitative estimate of drug-likeness (QED) is 0.782. The van der Waals surface area contributed by atoms with E-state index in [9.17, 15) is 4.79 Å². The molecule has 0 saturated carbocycles. The van der Waals surface area contributed by atoms with E-state index in [2.05, 4.69) is 62.2 Å². The van der Waals surface area contributed by atoms with Crippen molar-refractivity contribution in [2.45, 2.75) is 33.6 Å². The van der Waals surface area contributed by atoms with Gasteiger partial charge in [0.15, 0.2) is 0 Å². The second kappa shape index (κ2) is 8.74. The molecule has 3 nitrogen and oxygen atoms in total. The Labute approximate surface area is 135 Å². The molecule has 0 aliphatic rings. The smallest absolute Gasteiger partial charge is 0.244 e. The number of carbonyl (C=O) groups excluding carboxylic acids is 1. The van der Waals surface area contributed by atoms with Crippen LogP contribution in [0.1, 0.15) is 44.7 Å². The summed E-state index contributed by atoms with van der Waals surface area (Å²) in [6.45, 7) is 10.1. The first-order valence-corrected chi connectivity index (χ1v) is 8.05. The van der Waals surface area contributed by atoms with Crippen molar-refractivity contribution in [3.63, 3.8) is 0 Å². The molecule has 0 aliphatic heterocycles. The van der Waals surface area contributed by atoms with Gasteiger partial charge in [-0.3, -0.25) is 4.79 Å². The molecular formula is C19H30N2O. The fourth-order valence-electron chi connectivity index (χ4n) is 2.24. The molecule has 0 saturated heterocycles. The highest BCUT2D eigenvalue weighted by atomic mass is 16.1. The summed E-state index contributed by atoms with van der Waals surface area (Å²) in [5.41, 5.74) is 3.53. The first kappa shape index (κ1) is 18.4. The zero-order valence-electron chi connectivity index (χ0n) is 14.8. The van der Waals surface area contributed by atoms with Gasteiger partial charge in [-0.2, -0.15) is 0 Å². The van der Waals surface area contributed by atoms with E-state index in [-0.39, 0.29) is 5.91 Å². The van der Waals surface area contributed by atoms with Crippen LogP contribution < -0.4 is 5.32 Å². The summed E-state index contributed by atoms with van der Waals surface area (Å²) in [5, 5.41) is 2.94. The van der Waals surface area contributed by atoms with Crippen molar-refractivity contribution in [1.82, 2.24) is 10.2 Å². The molecule has 0 atom stereocenters. The molecule has 1 amide bonds. The summed E-state index contributed by atoms with van der Waals surface area (Å²) in [4.78, 5) is 14.1. The van der Waals surface area contributed by atoms with Crippen LogP contribution in [0.5, 0.6) is 0 Å². The van der Waals surface area contributed by atoms with Gasteiger partial charge in [-0.1, -0.05) is 52.0 Å². The van der Waals surface area contributed by atoms with Gasteiger partial charge in [0, 0.05) is 19.2 Å². The van der Waals surface area contributed by atoms with Gasteiger partial charge in [-0.05, 0) is 42.6 Å². The number of hydrogen-bond acceptors (Lipinski definition) is 2. The highest BCUT2D eigenvalue weighted by Gasteiger charge is 2.10. The highest BCUT2D eigenvalue weighted by Crippen LogP contribution is 2.25. The minimum Gasteiger partial charge on any atom is -0.351 e. The number of rotatable bonds is 7. The molecule has 0 radical (unpaired) electrons. The van der Waals surface area contributed by atoms with Crippen molar-refractivity contribution in [3.05, 3.63) is 41.5 Å². The van der Waals surface area contributed by atoms with Gasteiger partial charge >= 0.3 is 0 Å². The lowest BCUT2D eigenvalue weighted by Crippen LogP contribution is -2.30. The Morgan fingerprint density at radius 1 is 1.14 bits per heavy atom. The lowest BCUT2D eigenvalue weighted by molar-refractivity contribution is -0.116. The molecule has 1 rings (SSSR count). The molecule has 22 heavy (non-hydrogen) atoms. The van der Waals surface area contributed by atoms with Crippen molar-refractivity contribution in [3.8, 4) is 0 Å².